The predicted molar refractivity (Wildman–Crippen MR) is 91.3 cm³/mol. The van der Waals surface area contributed by atoms with Crippen LogP contribution >= 0.6 is 11.6 Å². The molecule has 0 aliphatic rings. The molecule has 0 aliphatic heterocycles. The van der Waals surface area contributed by atoms with Crippen molar-refractivity contribution in [1.82, 2.24) is 4.72 Å². The van der Waals surface area contributed by atoms with Crippen molar-refractivity contribution in [3.05, 3.63) is 64.7 Å². The number of carbonyl (C=O) groups excluding carboxylic acids is 1. The summed E-state index contributed by atoms with van der Waals surface area (Å²) in [6.45, 7) is 3.30. The molecule has 2 aromatic rings. The first-order chi connectivity index (χ1) is 10.8. The quantitative estimate of drug-likeness (QED) is 0.801. The molecular formula is C17H18ClNO3S. The Bertz CT molecular complexity index is 801. The monoisotopic (exact) mass is 351 g/mol. The van der Waals surface area contributed by atoms with E-state index in [4.69, 9.17) is 11.6 Å². The normalized spacial score (nSPS) is 12.8. The molecule has 2 aromatic carbocycles. The van der Waals surface area contributed by atoms with Gasteiger partial charge >= 0.3 is 0 Å². The van der Waals surface area contributed by atoms with Gasteiger partial charge in [-0.25, -0.2) is 13.1 Å². The SMILES string of the molecule is CCC(NS(=O)(=O)c1cccc(C(C)=O)c1)c1ccc(Cl)cc1. The van der Waals surface area contributed by atoms with Crippen LogP contribution in [0.1, 0.15) is 42.2 Å². The molecule has 0 saturated carbocycles. The molecule has 1 atom stereocenters. The zero-order chi connectivity index (χ0) is 17.0. The van der Waals surface area contributed by atoms with Crippen LogP contribution in [0.15, 0.2) is 53.4 Å². The summed E-state index contributed by atoms with van der Waals surface area (Å²) in [5.74, 6) is -0.174. The lowest BCUT2D eigenvalue weighted by atomic mass is 10.1. The number of halogens is 1. The third-order valence-electron chi connectivity index (χ3n) is 3.53. The number of rotatable bonds is 6. The van der Waals surface area contributed by atoms with Crippen LogP contribution in [0.3, 0.4) is 0 Å². The first-order valence-electron chi connectivity index (χ1n) is 7.22. The molecule has 23 heavy (non-hydrogen) atoms. The Morgan fingerprint density at radius 2 is 1.83 bits per heavy atom. The zero-order valence-electron chi connectivity index (χ0n) is 12.9. The summed E-state index contributed by atoms with van der Waals surface area (Å²) in [6, 6.07) is 12.7. The lowest BCUT2D eigenvalue weighted by Gasteiger charge is -2.18. The second-order valence-corrected chi connectivity index (χ2v) is 7.37. The first kappa shape index (κ1) is 17.7. The molecule has 0 aliphatic carbocycles. The molecular weight excluding hydrogens is 334 g/mol. The molecule has 122 valence electrons. The van der Waals surface area contributed by atoms with Gasteiger partial charge in [-0.2, -0.15) is 0 Å². The van der Waals surface area contributed by atoms with Gasteiger partial charge in [-0.05, 0) is 43.2 Å². The molecule has 0 saturated heterocycles. The lowest BCUT2D eigenvalue weighted by molar-refractivity contribution is 0.101. The maximum Gasteiger partial charge on any atom is 0.241 e. The fourth-order valence-corrected chi connectivity index (χ4v) is 3.70. The van der Waals surface area contributed by atoms with Gasteiger partial charge in [-0.3, -0.25) is 4.79 Å². The average Bonchev–Trinajstić information content (AvgIpc) is 2.53. The Morgan fingerprint density at radius 1 is 1.17 bits per heavy atom. The maximum absolute atomic E-state index is 12.6. The van der Waals surface area contributed by atoms with Crippen LogP contribution in [0.5, 0.6) is 0 Å². The molecule has 1 unspecified atom stereocenters. The Hall–Kier alpha value is -1.69. The van der Waals surface area contributed by atoms with Crippen molar-refractivity contribution in [2.75, 3.05) is 0 Å². The molecule has 0 spiro atoms. The van der Waals surface area contributed by atoms with Crippen LogP contribution in [0.2, 0.25) is 5.02 Å². The molecule has 0 radical (unpaired) electrons. The summed E-state index contributed by atoms with van der Waals surface area (Å²) in [5, 5.41) is 0.598. The lowest BCUT2D eigenvalue weighted by Crippen LogP contribution is -2.28. The van der Waals surface area contributed by atoms with Gasteiger partial charge in [0.15, 0.2) is 5.78 Å². The Morgan fingerprint density at radius 3 is 2.39 bits per heavy atom. The van der Waals surface area contributed by atoms with Gasteiger partial charge in [-0.1, -0.05) is 42.8 Å². The Balaban J connectivity index is 2.30. The van der Waals surface area contributed by atoms with Crippen LogP contribution < -0.4 is 4.72 Å². The van der Waals surface area contributed by atoms with E-state index in [0.717, 1.165) is 5.56 Å². The fraction of sp³-hybridized carbons (Fsp3) is 0.235. The van der Waals surface area contributed by atoms with E-state index in [2.05, 4.69) is 4.72 Å². The van der Waals surface area contributed by atoms with Crippen molar-refractivity contribution in [3.63, 3.8) is 0 Å². The van der Waals surface area contributed by atoms with E-state index in [-0.39, 0.29) is 16.7 Å². The highest BCUT2D eigenvalue weighted by atomic mass is 35.5. The third kappa shape index (κ3) is 4.41. The van der Waals surface area contributed by atoms with Gasteiger partial charge in [0.2, 0.25) is 10.0 Å². The van der Waals surface area contributed by atoms with Crippen LogP contribution in [-0.2, 0) is 10.0 Å². The summed E-state index contributed by atoms with van der Waals surface area (Å²) in [7, 11) is -3.72. The van der Waals surface area contributed by atoms with E-state index >= 15 is 0 Å². The van der Waals surface area contributed by atoms with E-state index in [0.29, 0.717) is 17.0 Å². The van der Waals surface area contributed by atoms with Crippen LogP contribution in [0, 0.1) is 0 Å². The molecule has 6 heteroatoms. The fourth-order valence-electron chi connectivity index (χ4n) is 2.22. The average molecular weight is 352 g/mol. The molecule has 0 bridgehead atoms. The standard InChI is InChI=1S/C17H18ClNO3S/c1-3-17(13-7-9-15(18)10-8-13)19-23(21,22)16-6-4-5-14(11-16)12(2)20/h4-11,17,19H,3H2,1-2H3. The summed E-state index contributed by atoms with van der Waals surface area (Å²) < 4.78 is 27.8. The summed E-state index contributed by atoms with van der Waals surface area (Å²) in [5.41, 5.74) is 1.20. The third-order valence-corrected chi connectivity index (χ3v) is 5.25. The highest BCUT2D eigenvalue weighted by molar-refractivity contribution is 7.89. The predicted octanol–water partition coefficient (Wildman–Crippen LogP) is 3.97. The number of hydrogen-bond donors (Lipinski definition) is 1. The number of nitrogens with one attached hydrogen (secondary N) is 1. The van der Waals surface area contributed by atoms with Gasteiger partial charge in [0, 0.05) is 16.6 Å². The zero-order valence-corrected chi connectivity index (χ0v) is 14.5. The molecule has 0 heterocycles. The maximum atomic E-state index is 12.6. The van der Waals surface area contributed by atoms with Gasteiger partial charge in [0.05, 0.1) is 4.90 Å². The molecule has 2 rings (SSSR count). The Labute approximate surface area is 141 Å². The van der Waals surface area contributed by atoms with Gasteiger partial charge < -0.3 is 0 Å². The van der Waals surface area contributed by atoms with Crippen molar-refractivity contribution in [1.29, 1.82) is 0 Å². The highest BCUT2D eigenvalue weighted by Crippen LogP contribution is 2.22. The van der Waals surface area contributed by atoms with Crippen molar-refractivity contribution in [2.24, 2.45) is 0 Å². The minimum Gasteiger partial charge on any atom is -0.295 e. The molecule has 1 N–H and O–H groups in total. The second-order valence-electron chi connectivity index (χ2n) is 5.22. The van der Waals surface area contributed by atoms with Crippen molar-refractivity contribution in [3.8, 4) is 0 Å². The van der Waals surface area contributed by atoms with Gasteiger partial charge in [0.25, 0.3) is 0 Å². The van der Waals surface area contributed by atoms with Gasteiger partial charge in [0.1, 0.15) is 0 Å². The summed E-state index contributed by atoms with van der Waals surface area (Å²) in [4.78, 5) is 11.5. The minimum absolute atomic E-state index is 0.0811. The van der Waals surface area contributed by atoms with Crippen molar-refractivity contribution >= 4 is 27.4 Å². The first-order valence-corrected chi connectivity index (χ1v) is 9.08. The number of benzene rings is 2. The summed E-state index contributed by atoms with van der Waals surface area (Å²) in [6.07, 6.45) is 0.591. The highest BCUT2D eigenvalue weighted by Gasteiger charge is 2.21. The topological polar surface area (TPSA) is 63.2 Å². The van der Waals surface area contributed by atoms with Crippen molar-refractivity contribution < 1.29 is 13.2 Å². The van der Waals surface area contributed by atoms with Crippen LogP contribution in [0.4, 0.5) is 0 Å². The number of ketones is 1. The Kier molecular flexibility index (Phi) is 5.57. The largest absolute Gasteiger partial charge is 0.295 e. The summed E-state index contributed by atoms with van der Waals surface area (Å²) >= 11 is 5.87. The van der Waals surface area contributed by atoms with E-state index < -0.39 is 10.0 Å². The molecule has 0 fully saturated rings. The van der Waals surface area contributed by atoms with E-state index in [1.54, 1.807) is 36.4 Å². The minimum atomic E-state index is -3.72. The smallest absolute Gasteiger partial charge is 0.241 e. The number of sulfonamides is 1. The van der Waals surface area contributed by atoms with E-state index in [1.807, 2.05) is 6.92 Å². The number of hydrogen-bond acceptors (Lipinski definition) is 3. The van der Waals surface area contributed by atoms with Crippen LogP contribution in [0.25, 0.3) is 0 Å². The van der Waals surface area contributed by atoms with Crippen molar-refractivity contribution in [2.45, 2.75) is 31.2 Å². The molecule has 0 aromatic heterocycles. The number of carbonyl (C=O) groups is 1. The molecule has 4 nitrogen and oxygen atoms in total. The second kappa shape index (κ2) is 7.25. The van der Waals surface area contributed by atoms with E-state index in [1.165, 1.54) is 19.1 Å². The number of Topliss-reactive ketones (excluding diaryl/α,β-unsaturated/α-hetero) is 1. The molecule has 0 amide bonds. The van der Waals surface area contributed by atoms with Crippen LogP contribution in [-0.4, -0.2) is 14.2 Å². The van der Waals surface area contributed by atoms with E-state index in [9.17, 15) is 13.2 Å². The van der Waals surface area contributed by atoms with Gasteiger partial charge in [-0.15, -0.1) is 0 Å².